The van der Waals surface area contributed by atoms with Gasteiger partial charge in [0.25, 0.3) is 0 Å². The molecule has 192 valence electrons. The highest BCUT2D eigenvalue weighted by molar-refractivity contribution is 6.04. The minimum Gasteiger partial charge on any atom is -0.504 e. The van der Waals surface area contributed by atoms with Crippen LogP contribution in [-0.4, -0.2) is 43.2 Å². The Balaban J connectivity index is 3.01. The van der Waals surface area contributed by atoms with Gasteiger partial charge in [-0.05, 0) is 58.1 Å². The van der Waals surface area contributed by atoms with E-state index in [0.29, 0.717) is 12.8 Å². The summed E-state index contributed by atoms with van der Waals surface area (Å²) in [4.78, 5) is 37.1. The van der Waals surface area contributed by atoms with Gasteiger partial charge in [-0.25, -0.2) is 9.59 Å². The summed E-state index contributed by atoms with van der Waals surface area (Å²) in [5.41, 5.74) is -0.282. The van der Waals surface area contributed by atoms with Crippen molar-refractivity contribution in [3.8, 4) is 11.5 Å². The van der Waals surface area contributed by atoms with Crippen LogP contribution in [0.4, 0.5) is 0 Å². The second kappa shape index (κ2) is 17.1. The van der Waals surface area contributed by atoms with Crippen molar-refractivity contribution < 1.29 is 33.7 Å². The number of hydrogen-bond donors (Lipinski definition) is 1. The number of unbranched alkanes of at least 4 members (excludes halogenated alkanes) is 4. The summed E-state index contributed by atoms with van der Waals surface area (Å²) in [6.45, 7) is 3.90. The Morgan fingerprint density at radius 2 is 1.40 bits per heavy atom. The molecule has 1 atom stereocenters. The highest BCUT2D eigenvalue weighted by Crippen LogP contribution is 2.32. The van der Waals surface area contributed by atoms with Gasteiger partial charge in [0.05, 0.1) is 25.3 Å². The van der Waals surface area contributed by atoms with Gasteiger partial charge in [0, 0.05) is 12.8 Å². The third-order valence-corrected chi connectivity index (χ3v) is 5.33. The van der Waals surface area contributed by atoms with Crippen molar-refractivity contribution in [3.05, 3.63) is 59.7 Å². The lowest BCUT2D eigenvalue weighted by atomic mass is 10.0. The van der Waals surface area contributed by atoms with Crippen molar-refractivity contribution in [1.82, 2.24) is 0 Å². The van der Waals surface area contributed by atoms with E-state index in [4.69, 9.17) is 9.47 Å². The van der Waals surface area contributed by atoms with E-state index in [1.165, 1.54) is 20.3 Å². The molecule has 0 saturated heterocycles. The number of carbonyl (C=O) groups excluding carboxylic acids is 3. The van der Waals surface area contributed by atoms with Crippen molar-refractivity contribution in [1.29, 1.82) is 0 Å². The quantitative estimate of drug-likeness (QED) is 0.171. The van der Waals surface area contributed by atoms with Gasteiger partial charge >= 0.3 is 11.9 Å². The number of ketones is 1. The molecule has 1 aromatic rings. The smallest absolute Gasteiger partial charge is 0.338 e. The molecule has 1 unspecified atom stereocenters. The van der Waals surface area contributed by atoms with Crippen LogP contribution in [0, 0.1) is 0 Å². The van der Waals surface area contributed by atoms with Crippen LogP contribution in [0.5, 0.6) is 11.5 Å². The molecule has 1 N–H and O–H groups in total. The Labute approximate surface area is 208 Å². The number of allylic oxidation sites excluding steroid dienone is 5. The molecule has 7 heteroatoms. The summed E-state index contributed by atoms with van der Waals surface area (Å²) in [7, 11) is 2.34. The maximum atomic E-state index is 12.9. The molecule has 0 aromatic heterocycles. The molecule has 0 fully saturated rings. The average molecular weight is 487 g/mol. The third kappa shape index (κ3) is 10.6. The second-order valence-corrected chi connectivity index (χ2v) is 7.94. The molecule has 7 nitrogen and oxygen atoms in total. The average Bonchev–Trinajstić information content (AvgIpc) is 2.86. The van der Waals surface area contributed by atoms with Gasteiger partial charge in [0.15, 0.2) is 23.4 Å². The van der Waals surface area contributed by atoms with Crippen LogP contribution < -0.4 is 4.74 Å². The molecule has 1 rings (SSSR count). The van der Waals surface area contributed by atoms with E-state index in [-0.39, 0.29) is 34.8 Å². The fourth-order valence-corrected chi connectivity index (χ4v) is 3.38. The molecular weight excluding hydrogens is 448 g/mol. The van der Waals surface area contributed by atoms with E-state index >= 15 is 0 Å². The number of ether oxygens (including phenoxy) is 3. The van der Waals surface area contributed by atoms with Crippen LogP contribution in [0.1, 0.15) is 85.9 Å². The SMILES string of the molecule is C/C=C/CCCCC/C=C/CC(Oc1cc(C(=O)OC)c(C(=O)OC)cc1O)C(=O)CC/C=C/C. The summed E-state index contributed by atoms with van der Waals surface area (Å²) < 4.78 is 15.3. The number of benzene rings is 1. The lowest BCUT2D eigenvalue weighted by molar-refractivity contribution is -0.125. The van der Waals surface area contributed by atoms with Gasteiger partial charge in [-0.15, -0.1) is 0 Å². The first kappa shape index (κ1) is 29.7. The second-order valence-electron chi connectivity index (χ2n) is 7.94. The van der Waals surface area contributed by atoms with Gasteiger partial charge in [0.1, 0.15) is 0 Å². The first-order chi connectivity index (χ1) is 16.9. The van der Waals surface area contributed by atoms with Crippen LogP contribution >= 0.6 is 0 Å². The van der Waals surface area contributed by atoms with Gasteiger partial charge in [-0.2, -0.15) is 0 Å². The van der Waals surface area contributed by atoms with Crippen LogP contribution in [0.25, 0.3) is 0 Å². The Morgan fingerprint density at radius 3 is 2.00 bits per heavy atom. The van der Waals surface area contributed by atoms with E-state index in [0.717, 1.165) is 38.2 Å². The molecule has 0 amide bonds. The van der Waals surface area contributed by atoms with Gasteiger partial charge in [-0.1, -0.05) is 42.9 Å². The fraction of sp³-hybridized carbons (Fsp3) is 0.464. The maximum absolute atomic E-state index is 12.9. The number of aromatic hydroxyl groups is 1. The van der Waals surface area contributed by atoms with E-state index < -0.39 is 18.0 Å². The van der Waals surface area contributed by atoms with Crippen molar-refractivity contribution in [2.75, 3.05) is 14.2 Å². The van der Waals surface area contributed by atoms with E-state index in [2.05, 4.69) is 16.9 Å². The molecule has 0 aliphatic carbocycles. The predicted octanol–water partition coefficient (Wildman–Crippen LogP) is 6.11. The normalized spacial score (nSPS) is 12.3. The molecule has 1 aromatic carbocycles. The number of esters is 2. The summed E-state index contributed by atoms with van der Waals surface area (Å²) >= 11 is 0. The van der Waals surface area contributed by atoms with E-state index in [1.807, 2.05) is 38.2 Å². The number of hydrogen-bond acceptors (Lipinski definition) is 7. The topological polar surface area (TPSA) is 99.1 Å². The summed E-state index contributed by atoms with van der Waals surface area (Å²) in [5, 5.41) is 10.5. The van der Waals surface area contributed by atoms with Crippen LogP contribution in [-0.2, 0) is 14.3 Å². The van der Waals surface area contributed by atoms with Crippen LogP contribution in [0.3, 0.4) is 0 Å². The molecular formula is C28H38O7. The zero-order valence-corrected chi connectivity index (χ0v) is 21.2. The highest BCUT2D eigenvalue weighted by atomic mass is 16.5. The molecule has 0 heterocycles. The first-order valence-electron chi connectivity index (χ1n) is 12.0. The van der Waals surface area contributed by atoms with Gasteiger partial charge in [0.2, 0.25) is 0 Å². The first-order valence-corrected chi connectivity index (χ1v) is 12.0. The monoisotopic (exact) mass is 486 g/mol. The summed E-state index contributed by atoms with van der Waals surface area (Å²) in [5.74, 6) is -2.19. The number of methoxy groups -OCH3 is 2. The van der Waals surface area contributed by atoms with E-state index in [9.17, 15) is 19.5 Å². The number of rotatable bonds is 16. The van der Waals surface area contributed by atoms with Crippen molar-refractivity contribution in [2.24, 2.45) is 0 Å². The lowest BCUT2D eigenvalue weighted by Crippen LogP contribution is -2.27. The molecule has 0 spiro atoms. The summed E-state index contributed by atoms with van der Waals surface area (Å²) in [6, 6.07) is 2.28. The molecule has 0 radical (unpaired) electrons. The largest absolute Gasteiger partial charge is 0.504 e. The number of Topliss-reactive ketones (excluding diaryl/α,β-unsaturated/α-hetero) is 1. The highest BCUT2D eigenvalue weighted by Gasteiger charge is 2.25. The zero-order valence-electron chi connectivity index (χ0n) is 21.2. The van der Waals surface area contributed by atoms with Crippen molar-refractivity contribution >= 4 is 17.7 Å². The Hall–Kier alpha value is -3.35. The van der Waals surface area contributed by atoms with Gasteiger partial charge < -0.3 is 19.3 Å². The third-order valence-electron chi connectivity index (χ3n) is 5.33. The lowest BCUT2D eigenvalue weighted by Gasteiger charge is -2.19. The molecule has 35 heavy (non-hydrogen) atoms. The van der Waals surface area contributed by atoms with Crippen molar-refractivity contribution in [2.45, 2.75) is 71.3 Å². The maximum Gasteiger partial charge on any atom is 0.338 e. The van der Waals surface area contributed by atoms with E-state index in [1.54, 1.807) is 0 Å². The molecule has 0 aliphatic heterocycles. The molecule has 0 bridgehead atoms. The molecule has 0 aliphatic rings. The zero-order chi connectivity index (χ0) is 26.1. The van der Waals surface area contributed by atoms with Gasteiger partial charge in [-0.3, -0.25) is 4.79 Å². The minimum atomic E-state index is -0.855. The number of phenols is 1. The molecule has 0 saturated carbocycles. The Bertz CT molecular complexity index is 912. The predicted molar refractivity (Wildman–Crippen MR) is 136 cm³/mol. The number of carbonyl (C=O) groups is 3. The standard InChI is InChI=1S/C28H38O7/c1-5-7-9-10-11-12-13-14-16-18-25(23(29)17-15-8-6-2)35-26-20-22(28(32)34-4)21(19-24(26)30)27(31)33-3/h5-8,14,16,19-20,25,30H,9-13,15,17-18H2,1-4H3/b7-5+,8-6+,16-14+. The van der Waals surface area contributed by atoms with Crippen LogP contribution in [0.15, 0.2) is 48.6 Å². The number of phenolic OH excluding ortho intramolecular Hbond substituents is 1. The fourth-order valence-electron chi connectivity index (χ4n) is 3.38. The Morgan fingerprint density at radius 1 is 0.829 bits per heavy atom. The Kier molecular flexibility index (Phi) is 14.5. The van der Waals surface area contributed by atoms with Crippen molar-refractivity contribution in [3.63, 3.8) is 0 Å². The minimum absolute atomic E-state index is 0.0835. The van der Waals surface area contributed by atoms with Crippen LogP contribution in [0.2, 0.25) is 0 Å². The summed E-state index contributed by atoms with van der Waals surface area (Å²) in [6.07, 6.45) is 17.6.